The van der Waals surface area contributed by atoms with Crippen molar-refractivity contribution in [3.63, 3.8) is 0 Å². The first-order valence-corrected chi connectivity index (χ1v) is 3.08. The lowest BCUT2D eigenvalue weighted by atomic mass is 10.1. The van der Waals surface area contributed by atoms with Crippen molar-refractivity contribution >= 4 is 0 Å². The highest BCUT2D eigenvalue weighted by Gasteiger charge is 2.29. The van der Waals surface area contributed by atoms with Crippen LogP contribution in [-0.2, 0) is 0 Å². The summed E-state index contributed by atoms with van der Waals surface area (Å²) < 4.78 is 0. The zero-order valence-electron chi connectivity index (χ0n) is 5.04. The molecule has 0 aliphatic heterocycles. The Balaban J connectivity index is 2.44. The number of aliphatic hydroxyl groups excluding tert-OH is 2. The van der Waals surface area contributed by atoms with E-state index in [9.17, 15) is 0 Å². The monoisotopic (exact) mass is 116 g/mol. The van der Waals surface area contributed by atoms with Gasteiger partial charge in [-0.3, -0.25) is 0 Å². The zero-order valence-corrected chi connectivity index (χ0v) is 5.04. The van der Waals surface area contributed by atoms with Crippen LogP contribution in [0, 0.1) is 5.92 Å². The summed E-state index contributed by atoms with van der Waals surface area (Å²) in [5, 5.41) is 17.9. The van der Waals surface area contributed by atoms with Gasteiger partial charge < -0.3 is 10.2 Å². The molecule has 0 aromatic carbocycles. The number of aliphatic hydroxyl groups is 2. The van der Waals surface area contributed by atoms with Crippen molar-refractivity contribution in [1.29, 1.82) is 0 Å². The van der Waals surface area contributed by atoms with Crippen molar-refractivity contribution in [2.24, 2.45) is 5.92 Å². The second-order valence-corrected chi connectivity index (χ2v) is 2.61. The maximum Gasteiger partial charge on any atom is 0.0824 e. The van der Waals surface area contributed by atoms with Crippen molar-refractivity contribution in [3.05, 3.63) is 0 Å². The highest BCUT2D eigenvalue weighted by atomic mass is 16.3. The summed E-state index contributed by atoms with van der Waals surface area (Å²) in [6.07, 6.45) is 0.810. The van der Waals surface area contributed by atoms with Crippen LogP contribution >= 0.6 is 0 Å². The van der Waals surface area contributed by atoms with Crippen LogP contribution in [0.1, 0.15) is 19.8 Å². The molecule has 1 saturated carbocycles. The maximum atomic E-state index is 9.02. The number of rotatable bonds is 0. The summed E-state index contributed by atoms with van der Waals surface area (Å²) in [6, 6.07) is 0. The Morgan fingerprint density at radius 1 is 1.25 bits per heavy atom. The molecule has 0 heterocycles. The molecule has 1 fully saturated rings. The maximum absolute atomic E-state index is 9.02. The van der Waals surface area contributed by atoms with Crippen LogP contribution in [0.25, 0.3) is 0 Å². The average Bonchev–Trinajstić information content (AvgIpc) is 1.98. The number of hydrogen-bond donors (Lipinski definition) is 2. The first-order valence-electron chi connectivity index (χ1n) is 3.08. The van der Waals surface area contributed by atoms with Gasteiger partial charge in [-0.2, -0.15) is 0 Å². The molecule has 0 bridgehead atoms. The van der Waals surface area contributed by atoms with Gasteiger partial charge in [0.1, 0.15) is 0 Å². The molecule has 0 aromatic heterocycles. The minimum Gasteiger partial charge on any atom is -0.390 e. The van der Waals surface area contributed by atoms with E-state index in [2.05, 4.69) is 0 Å². The molecule has 1 aliphatic rings. The lowest BCUT2D eigenvalue weighted by Crippen LogP contribution is -2.22. The van der Waals surface area contributed by atoms with E-state index in [0.29, 0.717) is 5.92 Å². The molecule has 0 amide bonds. The van der Waals surface area contributed by atoms with E-state index >= 15 is 0 Å². The van der Waals surface area contributed by atoms with Crippen LogP contribution in [0.5, 0.6) is 0 Å². The molecule has 8 heavy (non-hydrogen) atoms. The third kappa shape index (κ3) is 0.858. The summed E-state index contributed by atoms with van der Waals surface area (Å²) in [4.78, 5) is 0. The molecule has 0 aromatic rings. The fourth-order valence-electron chi connectivity index (χ4n) is 1.15. The van der Waals surface area contributed by atoms with Crippen LogP contribution in [-0.4, -0.2) is 22.4 Å². The Morgan fingerprint density at radius 2 is 1.88 bits per heavy atom. The van der Waals surface area contributed by atoms with Gasteiger partial charge in [0.05, 0.1) is 12.2 Å². The van der Waals surface area contributed by atoms with Crippen LogP contribution in [0.2, 0.25) is 0 Å². The van der Waals surface area contributed by atoms with Gasteiger partial charge in [-0.25, -0.2) is 0 Å². The van der Waals surface area contributed by atoms with E-state index in [1.54, 1.807) is 0 Å². The van der Waals surface area contributed by atoms with E-state index in [1.165, 1.54) is 0 Å². The summed E-state index contributed by atoms with van der Waals surface area (Å²) in [7, 11) is 0. The van der Waals surface area contributed by atoms with Crippen molar-refractivity contribution in [2.75, 3.05) is 0 Å². The van der Waals surface area contributed by atoms with Crippen molar-refractivity contribution < 1.29 is 10.2 Å². The molecule has 3 unspecified atom stereocenters. The van der Waals surface area contributed by atoms with Gasteiger partial charge in [-0.1, -0.05) is 6.92 Å². The summed E-state index contributed by atoms with van der Waals surface area (Å²) in [5.74, 6) is 0.296. The molecule has 2 N–H and O–H groups in total. The highest BCUT2D eigenvalue weighted by molar-refractivity contribution is 4.80. The second kappa shape index (κ2) is 2.03. The molecule has 48 valence electrons. The third-order valence-corrected chi connectivity index (χ3v) is 1.90. The van der Waals surface area contributed by atoms with Crippen LogP contribution in [0.4, 0.5) is 0 Å². The van der Waals surface area contributed by atoms with E-state index in [1.807, 2.05) is 6.92 Å². The van der Waals surface area contributed by atoms with Crippen LogP contribution in [0.3, 0.4) is 0 Å². The molecule has 1 aliphatic carbocycles. The summed E-state index contributed by atoms with van der Waals surface area (Å²) in [6.45, 7) is 1.96. The zero-order chi connectivity index (χ0) is 6.15. The topological polar surface area (TPSA) is 40.5 Å². The quantitative estimate of drug-likeness (QED) is 0.472. The predicted molar refractivity (Wildman–Crippen MR) is 30.4 cm³/mol. The molecule has 2 heteroatoms. The first kappa shape index (κ1) is 6.05. The van der Waals surface area contributed by atoms with Gasteiger partial charge in [0.25, 0.3) is 0 Å². The highest BCUT2D eigenvalue weighted by Crippen LogP contribution is 2.24. The van der Waals surface area contributed by atoms with Gasteiger partial charge in [0.15, 0.2) is 0 Å². The molecular formula is C6H12O2. The standard InChI is InChI=1S/C6H12O2/c1-4-2-3-5(7)6(4)8/h4-8H,2-3H2,1H3. The van der Waals surface area contributed by atoms with E-state index in [-0.39, 0.29) is 0 Å². The van der Waals surface area contributed by atoms with Crippen molar-refractivity contribution in [1.82, 2.24) is 0 Å². The Morgan fingerprint density at radius 3 is 2.00 bits per heavy atom. The lowest BCUT2D eigenvalue weighted by molar-refractivity contribution is 0.0245. The van der Waals surface area contributed by atoms with Crippen LogP contribution in [0.15, 0.2) is 0 Å². The molecule has 0 radical (unpaired) electrons. The average molecular weight is 116 g/mol. The smallest absolute Gasteiger partial charge is 0.0824 e. The summed E-state index contributed by atoms with van der Waals surface area (Å²) in [5.41, 5.74) is 0. The Hall–Kier alpha value is -0.0800. The Labute approximate surface area is 49.1 Å². The molecule has 2 nitrogen and oxygen atoms in total. The lowest BCUT2D eigenvalue weighted by Gasteiger charge is -2.09. The molecule has 1 rings (SSSR count). The SMILES string of the molecule is CC1CCC(O)C1O. The van der Waals surface area contributed by atoms with E-state index in [0.717, 1.165) is 12.8 Å². The van der Waals surface area contributed by atoms with E-state index in [4.69, 9.17) is 10.2 Å². The van der Waals surface area contributed by atoms with Gasteiger partial charge >= 0.3 is 0 Å². The normalized spacial score (nSPS) is 47.6. The summed E-state index contributed by atoms with van der Waals surface area (Å²) >= 11 is 0. The Bertz CT molecular complexity index is 72.6. The van der Waals surface area contributed by atoms with Crippen LogP contribution < -0.4 is 0 Å². The minimum atomic E-state index is -0.463. The largest absolute Gasteiger partial charge is 0.390 e. The van der Waals surface area contributed by atoms with Gasteiger partial charge in [-0.05, 0) is 18.8 Å². The Kier molecular flexibility index (Phi) is 1.54. The fraction of sp³-hybridized carbons (Fsp3) is 1.00. The van der Waals surface area contributed by atoms with E-state index < -0.39 is 12.2 Å². The number of hydrogen-bond acceptors (Lipinski definition) is 2. The molecule has 3 atom stereocenters. The predicted octanol–water partition coefficient (Wildman–Crippen LogP) is 0.138. The second-order valence-electron chi connectivity index (χ2n) is 2.61. The van der Waals surface area contributed by atoms with Crippen molar-refractivity contribution in [2.45, 2.75) is 32.0 Å². The van der Waals surface area contributed by atoms with Gasteiger partial charge in [0, 0.05) is 0 Å². The van der Waals surface area contributed by atoms with Gasteiger partial charge in [-0.15, -0.1) is 0 Å². The van der Waals surface area contributed by atoms with Crippen molar-refractivity contribution in [3.8, 4) is 0 Å². The first-order chi connectivity index (χ1) is 3.72. The fourth-order valence-corrected chi connectivity index (χ4v) is 1.15. The minimum absolute atomic E-state index is 0.296. The third-order valence-electron chi connectivity index (χ3n) is 1.90. The van der Waals surface area contributed by atoms with Gasteiger partial charge in [0.2, 0.25) is 0 Å². The molecule has 0 spiro atoms. The molecular weight excluding hydrogens is 104 g/mol. The molecule has 0 saturated heterocycles.